The first-order chi connectivity index (χ1) is 28.8. The first-order valence-electron chi connectivity index (χ1n) is 19.7. The molecule has 5 nitrogen and oxygen atoms in total. The predicted molar refractivity (Wildman–Crippen MR) is 242 cm³/mol. The van der Waals surface area contributed by atoms with Gasteiger partial charge in [0.2, 0.25) is 8.07 Å². The molecular weight excluding hydrogens is 725 g/mol. The maximum Gasteiger partial charge on any atom is 0.223 e. The molecule has 0 aliphatic carbocycles. The van der Waals surface area contributed by atoms with Gasteiger partial charge in [-0.2, -0.15) is 0 Å². The van der Waals surface area contributed by atoms with Crippen molar-refractivity contribution < 1.29 is 4.42 Å². The van der Waals surface area contributed by atoms with Crippen molar-refractivity contribution in [3.63, 3.8) is 0 Å². The van der Waals surface area contributed by atoms with Gasteiger partial charge in [-0.15, -0.1) is 0 Å². The van der Waals surface area contributed by atoms with Crippen LogP contribution in [0, 0.1) is 0 Å². The van der Waals surface area contributed by atoms with Crippen LogP contribution >= 0.6 is 0 Å². The Morgan fingerprint density at radius 1 is 0.379 bits per heavy atom. The summed E-state index contributed by atoms with van der Waals surface area (Å²) in [5.74, 6) is 0. The molecule has 6 heteroatoms. The summed E-state index contributed by atoms with van der Waals surface area (Å²) in [5, 5.41) is 11.6. The van der Waals surface area contributed by atoms with Crippen LogP contribution in [0.25, 0.3) is 76.9 Å². The van der Waals surface area contributed by atoms with Crippen molar-refractivity contribution in [1.29, 1.82) is 0 Å². The number of hydrogen-bond acceptors (Lipinski definition) is 3. The molecule has 0 amide bonds. The third-order valence-electron chi connectivity index (χ3n) is 11.9. The van der Waals surface area contributed by atoms with Crippen molar-refractivity contribution in [3.05, 3.63) is 207 Å². The average Bonchev–Trinajstić information content (AvgIpc) is 3.96. The molecular formula is C52H34N4OSi. The molecule has 12 aromatic rings. The van der Waals surface area contributed by atoms with E-state index in [2.05, 4.69) is 185 Å². The molecule has 0 fully saturated rings. The lowest BCUT2D eigenvalue weighted by atomic mass is 10.1. The fourth-order valence-electron chi connectivity index (χ4n) is 9.53. The molecule has 12 rings (SSSR count). The molecule has 7 aromatic carbocycles. The Labute approximate surface area is 334 Å². The molecule has 5 aromatic heterocycles. The Balaban J connectivity index is 1.12. The fraction of sp³-hybridized carbons (Fsp3) is 0. The zero-order chi connectivity index (χ0) is 38.2. The van der Waals surface area contributed by atoms with Gasteiger partial charge in [0.05, 0.1) is 27.5 Å². The second kappa shape index (κ2) is 12.7. The summed E-state index contributed by atoms with van der Waals surface area (Å²) in [7, 11) is -3.12. The highest BCUT2D eigenvalue weighted by atomic mass is 28.3. The third kappa shape index (κ3) is 4.63. The summed E-state index contributed by atoms with van der Waals surface area (Å²) in [6.07, 6.45) is 3.84. The number of furan rings is 1. The Kier molecular flexibility index (Phi) is 7.18. The standard InChI is InChI=1S/C52H34N4OSi/c1-5-20-44-39(16-1)40-17-2-6-21-45(40)55(44)36-14-13-15-38(34-36)58(49-24-9-11-32-53-49,50-25-10-12-33-54-50)37-28-26-35(27-29-37)56-46-22-7-3-18-41(46)42-30-31-48-51(52(42)56)43-19-4-8-23-47(43)57-48/h1-34H. The molecule has 0 atom stereocenters. The van der Waals surface area contributed by atoms with Crippen molar-refractivity contribution >= 4 is 94.6 Å². The molecule has 0 saturated carbocycles. The molecule has 0 radical (unpaired) electrons. The number of aromatic nitrogens is 4. The van der Waals surface area contributed by atoms with Crippen molar-refractivity contribution in [2.24, 2.45) is 0 Å². The van der Waals surface area contributed by atoms with E-state index in [4.69, 9.17) is 14.4 Å². The zero-order valence-electron chi connectivity index (χ0n) is 31.3. The second-order valence-corrected chi connectivity index (χ2v) is 18.6. The minimum atomic E-state index is -3.12. The summed E-state index contributed by atoms with van der Waals surface area (Å²) in [6, 6.07) is 69.7. The lowest BCUT2D eigenvalue weighted by molar-refractivity contribution is 0.669. The van der Waals surface area contributed by atoms with Gasteiger partial charge in [-0.05, 0) is 95.3 Å². The Morgan fingerprint density at radius 2 is 0.948 bits per heavy atom. The van der Waals surface area contributed by atoms with Gasteiger partial charge in [0, 0.05) is 61.3 Å². The Bertz CT molecular complexity index is 3420. The van der Waals surface area contributed by atoms with Crippen molar-refractivity contribution in [2.45, 2.75) is 0 Å². The van der Waals surface area contributed by atoms with E-state index in [0.717, 1.165) is 55.0 Å². The van der Waals surface area contributed by atoms with E-state index < -0.39 is 8.07 Å². The fourth-order valence-corrected chi connectivity index (χ4v) is 13.9. The van der Waals surface area contributed by atoms with Crippen molar-refractivity contribution in [3.8, 4) is 11.4 Å². The van der Waals surface area contributed by atoms with Gasteiger partial charge in [0.15, 0.2) is 0 Å². The van der Waals surface area contributed by atoms with Gasteiger partial charge in [0.25, 0.3) is 0 Å². The molecule has 0 N–H and O–H groups in total. The summed E-state index contributed by atoms with van der Waals surface area (Å²) in [5.41, 5.74) is 8.62. The van der Waals surface area contributed by atoms with E-state index in [-0.39, 0.29) is 0 Å². The van der Waals surface area contributed by atoms with E-state index in [1.165, 1.54) is 43.0 Å². The molecule has 58 heavy (non-hydrogen) atoms. The van der Waals surface area contributed by atoms with E-state index in [0.29, 0.717) is 0 Å². The van der Waals surface area contributed by atoms with Crippen LogP contribution in [0.1, 0.15) is 0 Å². The summed E-state index contributed by atoms with van der Waals surface area (Å²) < 4.78 is 11.2. The number of para-hydroxylation sites is 4. The predicted octanol–water partition coefficient (Wildman–Crippen LogP) is 9.95. The van der Waals surface area contributed by atoms with Gasteiger partial charge in [-0.3, -0.25) is 9.97 Å². The van der Waals surface area contributed by atoms with Crippen LogP contribution in [0.5, 0.6) is 0 Å². The van der Waals surface area contributed by atoms with Gasteiger partial charge in [-0.25, -0.2) is 0 Å². The van der Waals surface area contributed by atoms with Crippen molar-refractivity contribution in [2.75, 3.05) is 0 Å². The van der Waals surface area contributed by atoms with E-state index in [1.807, 2.05) is 30.6 Å². The monoisotopic (exact) mass is 758 g/mol. The van der Waals surface area contributed by atoms with Crippen LogP contribution in [0.15, 0.2) is 211 Å². The molecule has 0 unspecified atom stereocenters. The number of fused-ring (bicyclic) bond motifs is 10. The third-order valence-corrected chi connectivity index (χ3v) is 16.5. The topological polar surface area (TPSA) is 48.8 Å². The molecule has 0 saturated heterocycles. The van der Waals surface area contributed by atoms with Crippen LogP contribution in [-0.4, -0.2) is 27.2 Å². The Morgan fingerprint density at radius 3 is 1.59 bits per heavy atom. The largest absolute Gasteiger partial charge is 0.456 e. The normalized spacial score (nSPS) is 12.1. The Hall–Kier alpha value is -7.54. The van der Waals surface area contributed by atoms with Gasteiger partial charge in [0.1, 0.15) is 11.2 Å². The van der Waals surface area contributed by atoms with Gasteiger partial charge >= 0.3 is 0 Å². The summed E-state index contributed by atoms with van der Waals surface area (Å²) in [4.78, 5) is 10.4. The molecule has 5 heterocycles. The smallest absolute Gasteiger partial charge is 0.223 e. The number of nitrogens with zero attached hydrogens (tertiary/aromatic N) is 4. The quantitative estimate of drug-likeness (QED) is 0.159. The van der Waals surface area contributed by atoms with Crippen LogP contribution in [0.3, 0.4) is 0 Å². The number of benzene rings is 7. The highest BCUT2D eigenvalue weighted by Gasteiger charge is 2.44. The maximum absolute atomic E-state index is 6.42. The molecule has 0 aliphatic heterocycles. The minimum absolute atomic E-state index is 0.884. The maximum atomic E-state index is 6.42. The zero-order valence-corrected chi connectivity index (χ0v) is 32.3. The average molecular weight is 759 g/mol. The lowest BCUT2D eigenvalue weighted by Gasteiger charge is -2.32. The second-order valence-electron chi connectivity index (χ2n) is 14.9. The molecule has 0 spiro atoms. The van der Waals surface area contributed by atoms with Gasteiger partial charge in [-0.1, -0.05) is 109 Å². The number of rotatable bonds is 6. The SMILES string of the molecule is c1ccc([Si](c2ccc(-n3c4ccccc4c4ccc5oc6ccccc6c5c43)cc2)(c2cccc(-n3c4ccccc4c4ccccc43)c2)c2ccccn2)nc1. The van der Waals surface area contributed by atoms with Crippen LogP contribution in [0.2, 0.25) is 0 Å². The van der Waals surface area contributed by atoms with E-state index >= 15 is 0 Å². The van der Waals surface area contributed by atoms with E-state index in [1.54, 1.807) is 0 Å². The first-order valence-corrected chi connectivity index (χ1v) is 21.7. The summed E-state index contributed by atoms with van der Waals surface area (Å²) >= 11 is 0. The van der Waals surface area contributed by atoms with Crippen molar-refractivity contribution in [1.82, 2.24) is 19.1 Å². The van der Waals surface area contributed by atoms with Crippen LogP contribution in [-0.2, 0) is 0 Å². The first kappa shape index (κ1) is 32.7. The highest BCUT2D eigenvalue weighted by Crippen LogP contribution is 2.40. The van der Waals surface area contributed by atoms with Gasteiger partial charge < -0.3 is 13.6 Å². The molecule has 0 aliphatic rings. The minimum Gasteiger partial charge on any atom is -0.456 e. The van der Waals surface area contributed by atoms with Crippen LogP contribution < -0.4 is 21.0 Å². The van der Waals surface area contributed by atoms with Crippen LogP contribution in [0.4, 0.5) is 0 Å². The molecule has 272 valence electrons. The highest BCUT2D eigenvalue weighted by molar-refractivity contribution is 7.19. The number of hydrogen-bond donors (Lipinski definition) is 0. The number of pyridine rings is 2. The molecule has 0 bridgehead atoms. The summed E-state index contributed by atoms with van der Waals surface area (Å²) in [6.45, 7) is 0. The van der Waals surface area contributed by atoms with E-state index in [9.17, 15) is 0 Å². The lowest BCUT2D eigenvalue weighted by Crippen LogP contribution is -2.76.